The minimum Gasteiger partial charge on any atom is -0.478 e. The number of halogens is 3. The van der Waals surface area contributed by atoms with E-state index < -0.39 is 16.8 Å². The highest BCUT2D eigenvalue weighted by Gasteiger charge is 2.14. The van der Waals surface area contributed by atoms with E-state index in [2.05, 4.69) is 5.32 Å². The van der Waals surface area contributed by atoms with E-state index in [9.17, 15) is 19.7 Å². The van der Waals surface area contributed by atoms with Crippen molar-refractivity contribution in [3.05, 3.63) is 72.7 Å². The SMILES string of the molecule is O=C(/C=C/c1ccc(Cl)c([N+](=O)[O-])c1)Nc1cc(C(=O)O)c(Cl)cc1Cl. The molecule has 0 aliphatic rings. The van der Waals surface area contributed by atoms with Crippen molar-refractivity contribution in [2.24, 2.45) is 0 Å². The molecule has 2 aromatic carbocycles. The van der Waals surface area contributed by atoms with E-state index in [0.717, 1.165) is 12.1 Å². The zero-order valence-electron chi connectivity index (χ0n) is 12.7. The molecule has 134 valence electrons. The van der Waals surface area contributed by atoms with Crippen LogP contribution in [-0.2, 0) is 4.79 Å². The number of nitrogens with zero attached hydrogens (tertiary/aromatic N) is 1. The third-order valence-electron chi connectivity index (χ3n) is 3.14. The maximum absolute atomic E-state index is 12.0. The van der Waals surface area contributed by atoms with E-state index in [1.54, 1.807) is 0 Å². The van der Waals surface area contributed by atoms with Crippen LogP contribution in [0, 0.1) is 10.1 Å². The molecular formula is C16H9Cl3N2O5. The van der Waals surface area contributed by atoms with Crippen molar-refractivity contribution >= 4 is 64.1 Å². The Bertz CT molecular complexity index is 944. The molecule has 2 N–H and O–H groups in total. The number of carboxylic acids is 1. The second kappa shape index (κ2) is 8.18. The number of nitrogens with one attached hydrogen (secondary N) is 1. The summed E-state index contributed by atoms with van der Waals surface area (Å²) in [6, 6.07) is 6.38. The summed E-state index contributed by atoms with van der Waals surface area (Å²) < 4.78 is 0. The van der Waals surface area contributed by atoms with Gasteiger partial charge in [0.25, 0.3) is 5.69 Å². The molecule has 7 nitrogen and oxygen atoms in total. The van der Waals surface area contributed by atoms with Gasteiger partial charge in [0.05, 0.1) is 26.2 Å². The molecule has 0 bridgehead atoms. The zero-order chi connectivity index (χ0) is 19.4. The minimum atomic E-state index is -1.27. The summed E-state index contributed by atoms with van der Waals surface area (Å²) in [4.78, 5) is 33.3. The maximum Gasteiger partial charge on any atom is 0.337 e. The maximum atomic E-state index is 12.0. The number of carbonyl (C=O) groups is 2. The second-order valence-corrected chi connectivity index (χ2v) is 6.13. The van der Waals surface area contributed by atoms with Crippen LogP contribution in [0.3, 0.4) is 0 Å². The Morgan fingerprint density at radius 3 is 2.38 bits per heavy atom. The molecule has 1 amide bonds. The van der Waals surface area contributed by atoms with E-state index in [1.165, 1.54) is 30.3 Å². The molecular weight excluding hydrogens is 407 g/mol. The fourth-order valence-corrected chi connectivity index (χ4v) is 2.63. The summed E-state index contributed by atoms with van der Waals surface area (Å²) in [6.07, 6.45) is 2.44. The Morgan fingerprint density at radius 2 is 1.77 bits per heavy atom. The number of carbonyl (C=O) groups excluding carboxylic acids is 1. The van der Waals surface area contributed by atoms with Crippen molar-refractivity contribution in [3.63, 3.8) is 0 Å². The molecule has 0 fully saturated rings. The quantitative estimate of drug-likeness (QED) is 0.410. The Balaban J connectivity index is 2.20. The first-order chi connectivity index (χ1) is 12.2. The lowest BCUT2D eigenvalue weighted by atomic mass is 10.1. The first-order valence-corrected chi connectivity index (χ1v) is 7.97. The first-order valence-electron chi connectivity index (χ1n) is 6.84. The Kier molecular flexibility index (Phi) is 6.20. The lowest BCUT2D eigenvalue weighted by molar-refractivity contribution is -0.384. The van der Waals surface area contributed by atoms with E-state index >= 15 is 0 Å². The number of nitro benzene ring substituents is 1. The van der Waals surface area contributed by atoms with Gasteiger partial charge in [0.15, 0.2) is 0 Å². The second-order valence-electron chi connectivity index (χ2n) is 4.91. The Hall–Kier alpha value is -2.61. The lowest BCUT2D eigenvalue weighted by Gasteiger charge is -2.08. The molecule has 0 saturated carbocycles. The third kappa shape index (κ3) is 4.72. The average Bonchev–Trinajstić information content (AvgIpc) is 2.56. The van der Waals surface area contributed by atoms with Gasteiger partial charge in [0, 0.05) is 12.1 Å². The van der Waals surface area contributed by atoms with Gasteiger partial charge in [0.2, 0.25) is 5.91 Å². The summed E-state index contributed by atoms with van der Waals surface area (Å²) in [5.74, 6) is -1.89. The summed E-state index contributed by atoms with van der Waals surface area (Å²) >= 11 is 17.4. The van der Waals surface area contributed by atoms with Gasteiger partial charge in [-0.2, -0.15) is 0 Å². The van der Waals surface area contributed by atoms with Gasteiger partial charge in [-0.3, -0.25) is 14.9 Å². The van der Waals surface area contributed by atoms with Crippen LogP contribution in [0.15, 0.2) is 36.4 Å². The predicted molar refractivity (Wildman–Crippen MR) is 99.2 cm³/mol. The highest BCUT2D eigenvalue weighted by atomic mass is 35.5. The van der Waals surface area contributed by atoms with Gasteiger partial charge in [-0.25, -0.2) is 4.79 Å². The van der Waals surface area contributed by atoms with Crippen molar-refractivity contribution in [2.45, 2.75) is 0 Å². The largest absolute Gasteiger partial charge is 0.478 e. The smallest absolute Gasteiger partial charge is 0.337 e. The molecule has 0 unspecified atom stereocenters. The number of anilines is 1. The molecule has 26 heavy (non-hydrogen) atoms. The molecule has 0 aliphatic carbocycles. The summed E-state index contributed by atoms with van der Waals surface area (Å²) in [5.41, 5.74) is -0.0698. The number of rotatable bonds is 5. The molecule has 0 saturated heterocycles. The van der Waals surface area contributed by atoms with Gasteiger partial charge in [0.1, 0.15) is 5.02 Å². The van der Waals surface area contributed by atoms with Crippen LogP contribution in [0.1, 0.15) is 15.9 Å². The monoisotopic (exact) mass is 414 g/mol. The number of aromatic carboxylic acids is 1. The minimum absolute atomic E-state index is 0.0225. The van der Waals surface area contributed by atoms with Gasteiger partial charge in [-0.1, -0.05) is 40.9 Å². The molecule has 0 spiro atoms. The fourth-order valence-electron chi connectivity index (χ4n) is 1.93. The van der Waals surface area contributed by atoms with E-state index in [0.29, 0.717) is 5.56 Å². The van der Waals surface area contributed by atoms with Gasteiger partial charge in [-0.05, 0) is 29.8 Å². The van der Waals surface area contributed by atoms with Crippen molar-refractivity contribution < 1.29 is 19.6 Å². The molecule has 0 atom stereocenters. The summed E-state index contributed by atoms with van der Waals surface area (Å²) in [6.45, 7) is 0. The van der Waals surface area contributed by atoms with Crippen LogP contribution >= 0.6 is 34.8 Å². The molecule has 2 rings (SSSR count). The topological polar surface area (TPSA) is 110 Å². The predicted octanol–water partition coefficient (Wildman–Crippen LogP) is 4.91. The highest BCUT2D eigenvalue weighted by molar-refractivity contribution is 6.38. The van der Waals surface area contributed by atoms with Crippen LogP contribution in [0.5, 0.6) is 0 Å². The lowest BCUT2D eigenvalue weighted by Crippen LogP contribution is -2.09. The van der Waals surface area contributed by atoms with Crippen LogP contribution in [0.4, 0.5) is 11.4 Å². The number of amides is 1. The Labute approximate surface area is 161 Å². The van der Waals surface area contributed by atoms with Crippen molar-refractivity contribution in [2.75, 3.05) is 5.32 Å². The van der Waals surface area contributed by atoms with E-state index in [4.69, 9.17) is 39.9 Å². The van der Waals surface area contributed by atoms with Crippen LogP contribution in [0.25, 0.3) is 6.08 Å². The number of hydrogen-bond donors (Lipinski definition) is 2. The van der Waals surface area contributed by atoms with E-state index in [-0.39, 0.29) is 32.0 Å². The van der Waals surface area contributed by atoms with Crippen molar-refractivity contribution in [1.82, 2.24) is 0 Å². The summed E-state index contributed by atoms with van der Waals surface area (Å²) in [7, 11) is 0. The molecule has 0 heterocycles. The van der Waals surface area contributed by atoms with Gasteiger partial charge >= 0.3 is 5.97 Å². The molecule has 0 aromatic heterocycles. The van der Waals surface area contributed by atoms with Gasteiger partial charge < -0.3 is 10.4 Å². The van der Waals surface area contributed by atoms with E-state index in [1.807, 2.05) is 0 Å². The molecule has 2 aromatic rings. The van der Waals surface area contributed by atoms with Crippen LogP contribution in [-0.4, -0.2) is 21.9 Å². The highest BCUT2D eigenvalue weighted by Crippen LogP contribution is 2.29. The number of benzene rings is 2. The summed E-state index contributed by atoms with van der Waals surface area (Å²) in [5, 5.41) is 22.3. The van der Waals surface area contributed by atoms with Crippen LogP contribution in [0.2, 0.25) is 15.1 Å². The number of carboxylic acid groups (broad SMARTS) is 1. The molecule has 10 heteroatoms. The molecule has 0 radical (unpaired) electrons. The first kappa shape index (κ1) is 19.7. The fraction of sp³-hybridized carbons (Fsp3) is 0. The standard InChI is InChI=1S/C16H9Cl3N2O5/c17-10-3-1-8(5-14(10)21(25)26)2-4-15(22)20-13-6-9(16(23)24)11(18)7-12(13)19/h1-7H,(H,20,22)(H,23,24)/b4-2+. The van der Waals surface area contributed by atoms with Crippen molar-refractivity contribution in [3.8, 4) is 0 Å². The Morgan fingerprint density at radius 1 is 1.08 bits per heavy atom. The van der Waals surface area contributed by atoms with Crippen molar-refractivity contribution in [1.29, 1.82) is 0 Å². The zero-order valence-corrected chi connectivity index (χ0v) is 15.0. The molecule has 0 aliphatic heterocycles. The average molecular weight is 416 g/mol. The third-order valence-corrected chi connectivity index (χ3v) is 4.08. The normalized spacial score (nSPS) is 10.7. The number of nitro groups is 1. The van der Waals surface area contributed by atoms with Gasteiger partial charge in [-0.15, -0.1) is 0 Å². The van der Waals surface area contributed by atoms with Crippen LogP contribution < -0.4 is 5.32 Å². The number of hydrogen-bond acceptors (Lipinski definition) is 4.